The highest BCUT2D eigenvalue weighted by atomic mass is 16.7. The summed E-state index contributed by atoms with van der Waals surface area (Å²) in [6.07, 6.45) is 4.24. The molecule has 3 aromatic rings. The van der Waals surface area contributed by atoms with E-state index in [1.807, 2.05) is 18.3 Å². The molecule has 5 heterocycles. The Balaban J connectivity index is 1.42. The van der Waals surface area contributed by atoms with E-state index in [-0.39, 0.29) is 0 Å². The molecule has 1 aromatic heterocycles. The molecular formula is C25H28N4O3. The normalized spacial score (nSPS) is 26.4. The fourth-order valence-electron chi connectivity index (χ4n) is 5.56. The summed E-state index contributed by atoms with van der Waals surface area (Å²) < 4.78 is 11.1. The fourth-order valence-corrected chi connectivity index (χ4v) is 5.56. The summed E-state index contributed by atoms with van der Waals surface area (Å²) in [5.41, 5.74) is 2.80. The number of H-pyrrole nitrogens is 1. The summed E-state index contributed by atoms with van der Waals surface area (Å²) in [6.45, 7) is 3.80. The minimum absolute atomic E-state index is 0.443. The maximum absolute atomic E-state index is 6.38. The molecule has 1 N–H and O–H groups in total. The SMILES string of the molecule is COc1ccc(CN2C(c3ccc4cc[nH]c4c3)=NOC23CN2CCC3CC2)c(OC)c1. The van der Waals surface area contributed by atoms with E-state index in [1.54, 1.807) is 14.2 Å². The maximum atomic E-state index is 6.38. The van der Waals surface area contributed by atoms with E-state index in [9.17, 15) is 0 Å². The van der Waals surface area contributed by atoms with Crippen LogP contribution in [0.4, 0.5) is 0 Å². The number of nitrogens with zero attached hydrogens (tertiary/aromatic N) is 3. The highest BCUT2D eigenvalue weighted by Gasteiger charge is 2.57. The number of piperidine rings is 3. The quantitative estimate of drug-likeness (QED) is 0.665. The average Bonchev–Trinajstić information content (AvgIpc) is 3.45. The second-order valence-corrected chi connectivity index (χ2v) is 8.95. The first-order valence-electron chi connectivity index (χ1n) is 11.2. The van der Waals surface area contributed by atoms with Gasteiger partial charge in [-0.2, -0.15) is 0 Å². The van der Waals surface area contributed by atoms with Crippen molar-refractivity contribution in [2.45, 2.75) is 25.1 Å². The van der Waals surface area contributed by atoms with Crippen molar-refractivity contribution in [1.29, 1.82) is 0 Å². The standard InChI is InChI=1S/C25H28N4O3/c1-30-21-6-5-19(23(14-21)31-2)15-29-24(18-4-3-17-7-10-26-22(17)13-18)27-32-25(29)16-28-11-8-20(25)9-12-28/h3-7,10,13-14,20,26H,8-9,11-12,15-16H2,1-2H3. The summed E-state index contributed by atoms with van der Waals surface area (Å²) in [7, 11) is 3.38. The lowest BCUT2D eigenvalue weighted by atomic mass is 9.79. The minimum atomic E-state index is -0.443. The zero-order valence-electron chi connectivity index (χ0n) is 18.5. The molecule has 1 unspecified atom stereocenters. The van der Waals surface area contributed by atoms with E-state index >= 15 is 0 Å². The third-order valence-electron chi connectivity index (χ3n) is 7.31. The van der Waals surface area contributed by atoms with Crippen molar-refractivity contribution in [2.24, 2.45) is 11.1 Å². The van der Waals surface area contributed by atoms with Gasteiger partial charge in [0.25, 0.3) is 0 Å². The lowest BCUT2D eigenvalue weighted by Gasteiger charge is -2.53. The fraction of sp³-hybridized carbons (Fsp3) is 0.400. The molecule has 1 spiro atoms. The van der Waals surface area contributed by atoms with E-state index in [2.05, 4.69) is 45.1 Å². The average molecular weight is 433 g/mol. The monoisotopic (exact) mass is 432 g/mol. The Morgan fingerprint density at radius 2 is 1.97 bits per heavy atom. The first-order valence-corrected chi connectivity index (χ1v) is 11.2. The summed E-state index contributed by atoms with van der Waals surface area (Å²) in [4.78, 5) is 14.6. The first kappa shape index (κ1) is 19.5. The number of aromatic nitrogens is 1. The van der Waals surface area contributed by atoms with Crippen molar-refractivity contribution in [3.63, 3.8) is 0 Å². The Morgan fingerprint density at radius 3 is 2.72 bits per heavy atom. The van der Waals surface area contributed by atoms with Crippen molar-refractivity contribution < 1.29 is 14.3 Å². The number of benzene rings is 2. The Labute approximate surface area is 187 Å². The Kier molecular flexibility index (Phi) is 4.54. The second-order valence-electron chi connectivity index (χ2n) is 8.95. The Bertz CT molecular complexity index is 1180. The van der Waals surface area contributed by atoms with Gasteiger partial charge in [-0.3, -0.25) is 4.90 Å². The molecule has 2 bridgehead atoms. The molecule has 1 atom stereocenters. The van der Waals surface area contributed by atoms with Crippen LogP contribution in [0.15, 0.2) is 53.8 Å². The number of hydrogen-bond donors (Lipinski definition) is 1. The smallest absolute Gasteiger partial charge is 0.227 e. The van der Waals surface area contributed by atoms with Gasteiger partial charge in [0.1, 0.15) is 11.5 Å². The van der Waals surface area contributed by atoms with Crippen molar-refractivity contribution in [1.82, 2.24) is 14.8 Å². The minimum Gasteiger partial charge on any atom is -0.497 e. The lowest BCUT2D eigenvalue weighted by molar-refractivity contribution is -0.198. The van der Waals surface area contributed by atoms with Crippen LogP contribution < -0.4 is 9.47 Å². The van der Waals surface area contributed by atoms with Crippen LogP contribution in [-0.2, 0) is 11.4 Å². The molecule has 0 amide bonds. The molecule has 2 aromatic carbocycles. The van der Waals surface area contributed by atoms with Gasteiger partial charge in [-0.05, 0) is 55.6 Å². The van der Waals surface area contributed by atoms with Crippen LogP contribution in [0, 0.1) is 5.92 Å². The van der Waals surface area contributed by atoms with Crippen LogP contribution in [0.3, 0.4) is 0 Å². The molecule has 0 saturated carbocycles. The molecular weight excluding hydrogens is 404 g/mol. The maximum Gasteiger partial charge on any atom is 0.227 e. The number of amidine groups is 1. The van der Waals surface area contributed by atoms with E-state index in [1.165, 1.54) is 5.39 Å². The van der Waals surface area contributed by atoms with Gasteiger partial charge < -0.3 is 24.2 Å². The molecule has 0 radical (unpaired) electrons. The topological polar surface area (TPSA) is 62.3 Å². The summed E-state index contributed by atoms with van der Waals surface area (Å²) >= 11 is 0. The van der Waals surface area contributed by atoms with Crippen LogP contribution >= 0.6 is 0 Å². The van der Waals surface area contributed by atoms with Crippen LogP contribution in [0.2, 0.25) is 0 Å². The summed E-state index contributed by atoms with van der Waals surface area (Å²) in [5, 5.41) is 5.89. The van der Waals surface area contributed by atoms with Crippen molar-refractivity contribution in [3.8, 4) is 11.5 Å². The molecule has 4 aliphatic rings. The highest BCUT2D eigenvalue weighted by Crippen LogP contribution is 2.45. The van der Waals surface area contributed by atoms with Gasteiger partial charge in [0.05, 0.1) is 27.3 Å². The zero-order chi connectivity index (χ0) is 21.7. The molecule has 7 rings (SSSR count). The van der Waals surface area contributed by atoms with Crippen molar-refractivity contribution >= 4 is 16.7 Å². The Morgan fingerprint density at radius 1 is 1.09 bits per heavy atom. The van der Waals surface area contributed by atoms with Gasteiger partial charge in [0, 0.05) is 34.8 Å². The number of oxime groups is 1. The summed E-state index contributed by atoms with van der Waals surface area (Å²) in [6, 6.07) is 14.5. The second kappa shape index (κ2) is 7.45. The molecule has 7 heteroatoms. The zero-order valence-corrected chi connectivity index (χ0v) is 18.5. The molecule has 3 saturated heterocycles. The van der Waals surface area contributed by atoms with Gasteiger partial charge in [-0.15, -0.1) is 0 Å². The predicted octanol–water partition coefficient (Wildman–Crippen LogP) is 3.80. The third-order valence-corrected chi connectivity index (χ3v) is 7.31. The number of methoxy groups -OCH3 is 2. The molecule has 3 fully saturated rings. The molecule has 0 aliphatic carbocycles. The highest BCUT2D eigenvalue weighted by molar-refractivity contribution is 6.02. The van der Waals surface area contributed by atoms with Crippen LogP contribution in [0.5, 0.6) is 11.5 Å². The predicted molar refractivity (Wildman–Crippen MR) is 123 cm³/mol. The largest absolute Gasteiger partial charge is 0.497 e. The number of nitrogens with one attached hydrogen (secondary N) is 1. The third kappa shape index (κ3) is 2.95. The first-order chi connectivity index (χ1) is 15.7. The van der Waals surface area contributed by atoms with Gasteiger partial charge >= 0.3 is 0 Å². The van der Waals surface area contributed by atoms with Crippen molar-refractivity contribution in [3.05, 3.63) is 59.8 Å². The molecule has 32 heavy (non-hydrogen) atoms. The van der Waals surface area contributed by atoms with Gasteiger partial charge in [0.15, 0.2) is 5.84 Å². The van der Waals surface area contributed by atoms with E-state index in [0.29, 0.717) is 12.5 Å². The van der Waals surface area contributed by atoms with Crippen molar-refractivity contribution in [2.75, 3.05) is 33.9 Å². The number of fused-ring (bicyclic) bond motifs is 3. The van der Waals surface area contributed by atoms with Gasteiger partial charge in [-0.1, -0.05) is 17.3 Å². The molecule has 166 valence electrons. The van der Waals surface area contributed by atoms with Crippen LogP contribution in [0.25, 0.3) is 10.9 Å². The van der Waals surface area contributed by atoms with E-state index in [0.717, 1.165) is 66.5 Å². The number of hydrogen-bond acceptors (Lipinski definition) is 6. The van der Waals surface area contributed by atoms with Gasteiger partial charge in [-0.25, -0.2) is 0 Å². The number of aromatic amines is 1. The summed E-state index contributed by atoms with van der Waals surface area (Å²) in [5.74, 6) is 2.93. The number of ether oxygens (including phenoxy) is 2. The van der Waals surface area contributed by atoms with Crippen LogP contribution in [0.1, 0.15) is 24.0 Å². The van der Waals surface area contributed by atoms with Crippen LogP contribution in [-0.4, -0.2) is 60.2 Å². The number of rotatable bonds is 5. The molecule has 4 aliphatic heterocycles. The Hall–Kier alpha value is -3.19. The molecule has 7 nitrogen and oxygen atoms in total. The lowest BCUT2D eigenvalue weighted by Crippen LogP contribution is -2.66. The van der Waals surface area contributed by atoms with Gasteiger partial charge in [0.2, 0.25) is 5.72 Å². The van der Waals surface area contributed by atoms with E-state index < -0.39 is 5.72 Å². The van der Waals surface area contributed by atoms with E-state index in [4.69, 9.17) is 19.5 Å².